The molecule has 21 heavy (non-hydrogen) atoms. The van der Waals surface area contributed by atoms with Crippen molar-refractivity contribution in [3.05, 3.63) is 17.7 Å². The molecule has 1 unspecified atom stereocenters. The maximum atomic E-state index is 5.61. The summed E-state index contributed by atoms with van der Waals surface area (Å²) in [7, 11) is 3.50. The van der Waals surface area contributed by atoms with Crippen LogP contribution < -0.4 is 14.8 Å². The van der Waals surface area contributed by atoms with E-state index in [0.29, 0.717) is 11.3 Å². The van der Waals surface area contributed by atoms with E-state index in [-0.39, 0.29) is 0 Å². The highest BCUT2D eigenvalue weighted by Gasteiger charge is 2.18. The van der Waals surface area contributed by atoms with Crippen molar-refractivity contribution in [2.24, 2.45) is 0 Å². The SMILES string of the molecule is COc1cc(SC(C)C)c(OC)cc1CC1CCCCN1. The average Bonchev–Trinajstić information content (AvgIpc) is 2.48. The Balaban J connectivity index is 2.22. The van der Waals surface area contributed by atoms with Crippen LogP contribution in [0.1, 0.15) is 38.7 Å². The molecule has 2 rings (SSSR count). The zero-order chi connectivity index (χ0) is 15.2. The van der Waals surface area contributed by atoms with Gasteiger partial charge in [0.1, 0.15) is 11.5 Å². The van der Waals surface area contributed by atoms with Gasteiger partial charge in [0.15, 0.2) is 0 Å². The quantitative estimate of drug-likeness (QED) is 0.808. The van der Waals surface area contributed by atoms with Crippen molar-refractivity contribution < 1.29 is 9.47 Å². The number of methoxy groups -OCH3 is 2. The lowest BCUT2D eigenvalue weighted by Gasteiger charge is -2.25. The molecule has 0 spiro atoms. The molecule has 118 valence electrons. The molecule has 1 saturated heterocycles. The first-order valence-corrected chi connectivity index (χ1v) is 8.67. The third-order valence-electron chi connectivity index (χ3n) is 3.81. The van der Waals surface area contributed by atoms with Crippen LogP contribution >= 0.6 is 11.8 Å². The number of hydrogen-bond acceptors (Lipinski definition) is 4. The van der Waals surface area contributed by atoms with Crippen LogP contribution in [-0.4, -0.2) is 32.1 Å². The van der Waals surface area contributed by atoms with E-state index < -0.39 is 0 Å². The summed E-state index contributed by atoms with van der Waals surface area (Å²) in [6.07, 6.45) is 4.86. The van der Waals surface area contributed by atoms with Crippen LogP contribution in [-0.2, 0) is 6.42 Å². The number of thioether (sulfide) groups is 1. The van der Waals surface area contributed by atoms with E-state index in [1.165, 1.54) is 24.8 Å². The van der Waals surface area contributed by atoms with E-state index in [9.17, 15) is 0 Å². The largest absolute Gasteiger partial charge is 0.496 e. The van der Waals surface area contributed by atoms with Crippen LogP contribution in [0, 0.1) is 0 Å². The molecule has 0 bridgehead atoms. The van der Waals surface area contributed by atoms with E-state index in [1.54, 1.807) is 14.2 Å². The molecule has 0 aliphatic carbocycles. The predicted molar refractivity (Wildman–Crippen MR) is 89.9 cm³/mol. The second kappa shape index (κ2) is 7.95. The van der Waals surface area contributed by atoms with Crippen LogP contribution in [0.3, 0.4) is 0 Å². The van der Waals surface area contributed by atoms with Crippen molar-refractivity contribution in [1.29, 1.82) is 0 Å². The number of nitrogens with one attached hydrogen (secondary N) is 1. The minimum absolute atomic E-state index is 0.523. The number of hydrogen-bond donors (Lipinski definition) is 1. The zero-order valence-electron chi connectivity index (χ0n) is 13.6. The summed E-state index contributed by atoms with van der Waals surface area (Å²) in [5, 5.41) is 4.12. The molecule has 1 aromatic carbocycles. The first-order chi connectivity index (χ1) is 10.1. The van der Waals surface area contributed by atoms with Crippen LogP contribution in [0.25, 0.3) is 0 Å². The lowest BCUT2D eigenvalue weighted by atomic mass is 9.97. The Morgan fingerprint density at radius 3 is 2.52 bits per heavy atom. The molecule has 0 saturated carbocycles. The highest BCUT2D eigenvalue weighted by molar-refractivity contribution is 8.00. The summed E-state index contributed by atoms with van der Waals surface area (Å²) in [6.45, 7) is 5.51. The average molecular weight is 309 g/mol. The molecule has 4 heteroatoms. The third-order valence-corrected chi connectivity index (χ3v) is 4.85. The fourth-order valence-corrected chi connectivity index (χ4v) is 3.74. The number of ether oxygens (including phenoxy) is 2. The highest BCUT2D eigenvalue weighted by atomic mass is 32.2. The molecule has 1 N–H and O–H groups in total. The summed E-state index contributed by atoms with van der Waals surface area (Å²) >= 11 is 1.81. The Morgan fingerprint density at radius 1 is 1.19 bits per heavy atom. The van der Waals surface area contributed by atoms with E-state index >= 15 is 0 Å². The molecule has 0 aromatic heterocycles. The molecule has 1 fully saturated rings. The Labute approximate surface area is 132 Å². The molecule has 1 aromatic rings. The van der Waals surface area contributed by atoms with Crippen LogP contribution in [0.2, 0.25) is 0 Å². The highest BCUT2D eigenvalue weighted by Crippen LogP contribution is 2.38. The van der Waals surface area contributed by atoms with Gasteiger partial charge in [-0.3, -0.25) is 0 Å². The topological polar surface area (TPSA) is 30.5 Å². The third kappa shape index (κ3) is 4.55. The summed E-state index contributed by atoms with van der Waals surface area (Å²) in [6, 6.07) is 4.84. The van der Waals surface area contributed by atoms with Gasteiger partial charge in [-0.25, -0.2) is 0 Å². The molecule has 1 heterocycles. The van der Waals surface area contributed by atoms with Gasteiger partial charge in [0, 0.05) is 11.3 Å². The minimum Gasteiger partial charge on any atom is -0.496 e. The molecule has 1 aliphatic heterocycles. The normalized spacial score (nSPS) is 18.8. The molecular weight excluding hydrogens is 282 g/mol. The van der Waals surface area contributed by atoms with Gasteiger partial charge in [-0.2, -0.15) is 0 Å². The van der Waals surface area contributed by atoms with Crippen LogP contribution in [0.15, 0.2) is 17.0 Å². The number of piperidine rings is 1. The smallest absolute Gasteiger partial charge is 0.132 e. The van der Waals surface area contributed by atoms with Gasteiger partial charge in [-0.15, -0.1) is 11.8 Å². The van der Waals surface area contributed by atoms with Crippen molar-refractivity contribution in [1.82, 2.24) is 5.32 Å². The summed E-state index contributed by atoms with van der Waals surface area (Å²) in [4.78, 5) is 1.16. The van der Waals surface area contributed by atoms with Crippen molar-refractivity contribution in [3.8, 4) is 11.5 Å². The summed E-state index contributed by atoms with van der Waals surface area (Å²) < 4.78 is 11.2. The monoisotopic (exact) mass is 309 g/mol. The van der Waals surface area contributed by atoms with Gasteiger partial charge in [-0.1, -0.05) is 20.3 Å². The Morgan fingerprint density at radius 2 is 1.95 bits per heavy atom. The Hall–Kier alpha value is -0.870. The van der Waals surface area contributed by atoms with E-state index in [0.717, 1.165) is 29.4 Å². The fourth-order valence-electron chi connectivity index (χ4n) is 2.80. The second-order valence-corrected chi connectivity index (χ2v) is 7.45. The molecule has 3 nitrogen and oxygen atoms in total. The van der Waals surface area contributed by atoms with Crippen molar-refractivity contribution >= 4 is 11.8 Å². The van der Waals surface area contributed by atoms with Crippen molar-refractivity contribution in [3.63, 3.8) is 0 Å². The standard InChI is InChI=1S/C17H27NO2S/c1-12(2)21-17-11-15(19-3)13(10-16(17)20-4)9-14-7-5-6-8-18-14/h10-12,14,18H,5-9H2,1-4H3. The molecule has 1 aliphatic rings. The van der Waals surface area contributed by atoms with Gasteiger partial charge in [0.25, 0.3) is 0 Å². The van der Waals surface area contributed by atoms with E-state index in [2.05, 4.69) is 31.3 Å². The maximum Gasteiger partial charge on any atom is 0.132 e. The van der Waals surface area contributed by atoms with E-state index in [1.807, 2.05) is 11.8 Å². The minimum atomic E-state index is 0.523. The molecule has 0 radical (unpaired) electrons. The Bertz CT molecular complexity index is 456. The summed E-state index contributed by atoms with van der Waals surface area (Å²) in [5.74, 6) is 1.94. The van der Waals surface area contributed by atoms with E-state index in [4.69, 9.17) is 9.47 Å². The van der Waals surface area contributed by atoms with Crippen LogP contribution in [0.5, 0.6) is 11.5 Å². The second-order valence-electron chi connectivity index (χ2n) is 5.83. The van der Waals surface area contributed by atoms with Gasteiger partial charge in [0.05, 0.1) is 19.1 Å². The zero-order valence-corrected chi connectivity index (χ0v) is 14.4. The van der Waals surface area contributed by atoms with Gasteiger partial charge in [0.2, 0.25) is 0 Å². The van der Waals surface area contributed by atoms with Gasteiger partial charge in [-0.05, 0) is 43.5 Å². The fraction of sp³-hybridized carbons (Fsp3) is 0.647. The number of rotatable bonds is 6. The maximum absolute atomic E-state index is 5.61. The van der Waals surface area contributed by atoms with Crippen LogP contribution in [0.4, 0.5) is 0 Å². The number of benzene rings is 1. The van der Waals surface area contributed by atoms with Crippen molar-refractivity contribution in [2.75, 3.05) is 20.8 Å². The lowest BCUT2D eigenvalue weighted by molar-refractivity contribution is 0.373. The predicted octanol–water partition coefficient (Wildman–Crippen LogP) is 3.89. The molecule has 1 atom stereocenters. The van der Waals surface area contributed by atoms with Crippen molar-refractivity contribution in [2.45, 2.75) is 55.7 Å². The first kappa shape index (κ1) is 16.5. The first-order valence-electron chi connectivity index (χ1n) is 7.79. The van der Waals surface area contributed by atoms with Gasteiger partial charge < -0.3 is 14.8 Å². The molecule has 0 amide bonds. The van der Waals surface area contributed by atoms with Gasteiger partial charge >= 0.3 is 0 Å². The lowest BCUT2D eigenvalue weighted by Crippen LogP contribution is -2.35. The Kier molecular flexibility index (Phi) is 6.24. The molecular formula is C17H27NO2S. The summed E-state index contributed by atoms with van der Waals surface area (Å²) in [5.41, 5.74) is 1.24.